The van der Waals surface area contributed by atoms with Crippen molar-refractivity contribution in [2.24, 2.45) is 0 Å². The number of amides is 1. The van der Waals surface area contributed by atoms with Gasteiger partial charge < -0.3 is 23.3 Å². The number of carbonyl (C=O) groups excluding carboxylic acids is 1. The molecule has 0 aliphatic heterocycles. The Bertz CT molecular complexity index is 1400. The fraction of sp³-hybridized carbons (Fsp3) is 0.333. The Morgan fingerprint density at radius 3 is 2.32 bits per heavy atom. The number of methoxy groups -OCH3 is 1. The Hall–Kier alpha value is -2.80. The molecular formula is C24H29N2O9PS2. The second-order valence-corrected chi connectivity index (χ2v) is 13.3. The number of benzene rings is 2. The molecular weight excluding hydrogens is 555 g/mol. The van der Waals surface area contributed by atoms with Crippen molar-refractivity contribution in [3.05, 3.63) is 59.1 Å². The lowest BCUT2D eigenvalue weighted by Crippen LogP contribution is -2.18. The first kappa shape index (κ1) is 29.8. The Balaban J connectivity index is 1.84. The van der Waals surface area contributed by atoms with Crippen LogP contribution in [0.4, 0.5) is 5.13 Å². The Kier molecular flexibility index (Phi) is 10.0. The summed E-state index contributed by atoms with van der Waals surface area (Å²) in [7, 11) is -2.52. The Morgan fingerprint density at radius 1 is 1.05 bits per heavy atom. The van der Waals surface area contributed by atoms with Gasteiger partial charge in [0.05, 0.1) is 23.4 Å². The van der Waals surface area contributed by atoms with Crippen LogP contribution in [-0.4, -0.2) is 59.6 Å². The van der Waals surface area contributed by atoms with E-state index in [4.69, 9.17) is 23.3 Å². The highest BCUT2D eigenvalue weighted by molar-refractivity contribution is 7.90. The third-order valence-electron chi connectivity index (χ3n) is 5.05. The molecule has 1 heterocycles. The van der Waals surface area contributed by atoms with E-state index in [2.05, 4.69) is 10.3 Å². The summed E-state index contributed by atoms with van der Waals surface area (Å²) < 4.78 is 62.6. The van der Waals surface area contributed by atoms with Gasteiger partial charge >= 0.3 is 7.60 Å². The smallest absolute Gasteiger partial charge is 0.336 e. The lowest BCUT2D eigenvalue weighted by Gasteiger charge is -2.16. The molecule has 3 rings (SSSR count). The molecule has 0 aliphatic rings. The van der Waals surface area contributed by atoms with E-state index in [-0.39, 0.29) is 22.7 Å². The molecule has 1 atom stereocenters. The summed E-state index contributed by atoms with van der Waals surface area (Å²) in [6.45, 7) is 2.14. The van der Waals surface area contributed by atoms with Gasteiger partial charge in [-0.2, -0.15) is 0 Å². The minimum Gasteiger partial charge on any atom is -0.488 e. The van der Waals surface area contributed by atoms with Crippen LogP contribution < -0.4 is 14.8 Å². The van der Waals surface area contributed by atoms with Crippen LogP contribution in [0.1, 0.15) is 23.0 Å². The van der Waals surface area contributed by atoms with Gasteiger partial charge in [0.1, 0.15) is 23.4 Å². The van der Waals surface area contributed by atoms with Gasteiger partial charge in [-0.05, 0) is 43.3 Å². The van der Waals surface area contributed by atoms with Gasteiger partial charge in [-0.15, -0.1) is 11.3 Å². The van der Waals surface area contributed by atoms with Crippen molar-refractivity contribution >= 4 is 39.8 Å². The molecule has 0 radical (unpaired) electrons. The van der Waals surface area contributed by atoms with E-state index >= 15 is 0 Å². The fourth-order valence-electron chi connectivity index (χ4n) is 3.23. The SMILES string of the molecule is COC[C@H](C)Oc1cc(Oc2ccc(S(C)(=O)=O)cc2)cc(C(=O)Nc2nc(CP(=O)(OC)OC)cs2)c1. The molecule has 206 valence electrons. The van der Waals surface area contributed by atoms with Gasteiger partial charge in [0.25, 0.3) is 5.91 Å². The monoisotopic (exact) mass is 584 g/mol. The molecule has 0 saturated carbocycles. The minimum atomic E-state index is -3.35. The molecule has 3 aromatic rings. The number of aromatic nitrogens is 1. The molecule has 0 saturated heterocycles. The number of sulfone groups is 1. The average molecular weight is 585 g/mol. The van der Waals surface area contributed by atoms with E-state index in [1.165, 1.54) is 44.6 Å². The van der Waals surface area contributed by atoms with Crippen molar-refractivity contribution in [3.8, 4) is 17.2 Å². The van der Waals surface area contributed by atoms with Crippen molar-refractivity contribution in [2.45, 2.75) is 24.1 Å². The van der Waals surface area contributed by atoms with Gasteiger partial charge in [-0.3, -0.25) is 14.7 Å². The van der Waals surface area contributed by atoms with Crippen LogP contribution in [0.25, 0.3) is 0 Å². The average Bonchev–Trinajstić information content (AvgIpc) is 3.29. The summed E-state index contributed by atoms with van der Waals surface area (Å²) in [6.07, 6.45) is 0.775. The molecule has 38 heavy (non-hydrogen) atoms. The summed E-state index contributed by atoms with van der Waals surface area (Å²) in [5, 5.41) is 4.66. The topological polar surface area (TPSA) is 139 Å². The maximum atomic E-state index is 13.1. The van der Waals surface area contributed by atoms with E-state index in [1.807, 2.05) is 6.92 Å². The molecule has 1 N–H and O–H groups in total. The van der Waals surface area contributed by atoms with E-state index in [0.29, 0.717) is 34.7 Å². The lowest BCUT2D eigenvalue weighted by molar-refractivity contribution is 0.0916. The second-order valence-electron chi connectivity index (χ2n) is 8.15. The normalized spacial score (nSPS) is 12.7. The van der Waals surface area contributed by atoms with E-state index in [0.717, 1.165) is 17.6 Å². The maximum Gasteiger partial charge on any atom is 0.336 e. The summed E-state index contributed by atoms with van der Waals surface area (Å²) in [5.41, 5.74) is 0.676. The molecule has 0 spiro atoms. The number of ether oxygens (including phenoxy) is 3. The summed E-state index contributed by atoms with van der Waals surface area (Å²) in [4.78, 5) is 17.5. The second kappa shape index (κ2) is 12.8. The Morgan fingerprint density at radius 2 is 1.71 bits per heavy atom. The first-order valence-corrected chi connectivity index (χ1v) is 15.7. The van der Waals surface area contributed by atoms with Gasteiger partial charge in [-0.25, -0.2) is 13.4 Å². The van der Waals surface area contributed by atoms with Gasteiger partial charge in [-0.1, -0.05) is 0 Å². The van der Waals surface area contributed by atoms with Crippen LogP contribution in [0.15, 0.2) is 52.7 Å². The first-order chi connectivity index (χ1) is 17.9. The van der Waals surface area contributed by atoms with Crippen molar-refractivity contribution in [1.82, 2.24) is 4.98 Å². The molecule has 11 nitrogen and oxygen atoms in total. The number of hydrogen-bond donors (Lipinski definition) is 1. The number of nitrogens with one attached hydrogen (secondary N) is 1. The number of thiazole rings is 1. The van der Waals surface area contributed by atoms with E-state index < -0.39 is 23.3 Å². The van der Waals surface area contributed by atoms with Crippen LogP contribution in [0.3, 0.4) is 0 Å². The van der Waals surface area contributed by atoms with Gasteiger partial charge in [0, 0.05) is 44.6 Å². The van der Waals surface area contributed by atoms with E-state index in [1.54, 1.807) is 24.6 Å². The third-order valence-corrected chi connectivity index (χ3v) is 8.81. The first-order valence-electron chi connectivity index (χ1n) is 11.2. The third kappa shape index (κ3) is 8.35. The zero-order valence-corrected chi connectivity index (χ0v) is 24.0. The van der Waals surface area contributed by atoms with Gasteiger partial charge in [0.15, 0.2) is 15.0 Å². The number of carbonyl (C=O) groups is 1. The summed E-state index contributed by atoms with van der Waals surface area (Å²) in [5.74, 6) is 0.557. The summed E-state index contributed by atoms with van der Waals surface area (Å²) in [6, 6.07) is 10.6. The largest absolute Gasteiger partial charge is 0.488 e. The zero-order valence-electron chi connectivity index (χ0n) is 21.5. The standard InChI is InChI=1S/C24H29N2O9PS2/c1-16(13-31-2)34-20-10-17(11-21(12-20)35-19-6-8-22(9-7-19)38(5,29)30)23(27)26-24-25-18(15-37-24)14-36(28,32-3)33-4/h6-12,15-16H,13-14H2,1-5H3,(H,25,26,27)/t16-/m0/s1. The number of hydrogen-bond acceptors (Lipinski definition) is 11. The minimum absolute atomic E-state index is 0.0385. The van der Waals surface area contributed by atoms with Crippen LogP contribution in [-0.2, 0) is 34.3 Å². The molecule has 0 aliphatic carbocycles. The van der Waals surface area contributed by atoms with E-state index in [9.17, 15) is 17.8 Å². The summed E-state index contributed by atoms with van der Waals surface area (Å²) >= 11 is 1.16. The highest BCUT2D eigenvalue weighted by Crippen LogP contribution is 2.49. The van der Waals surface area contributed by atoms with Crippen molar-refractivity contribution in [1.29, 1.82) is 0 Å². The molecule has 14 heteroatoms. The molecule has 1 amide bonds. The Labute approximate surface area is 225 Å². The predicted molar refractivity (Wildman–Crippen MR) is 143 cm³/mol. The fourth-order valence-corrected chi connectivity index (χ4v) is 5.66. The number of nitrogens with zero attached hydrogens (tertiary/aromatic N) is 1. The van der Waals surface area contributed by atoms with Crippen LogP contribution in [0, 0.1) is 0 Å². The van der Waals surface area contributed by atoms with Gasteiger partial charge in [0.2, 0.25) is 0 Å². The number of anilines is 1. The van der Waals surface area contributed by atoms with Crippen LogP contribution in [0.5, 0.6) is 17.2 Å². The highest BCUT2D eigenvalue weighted by atomic mass is 32.2. The molecule has 0 fully saturated rings. The van der Waals surface area contributed by atoms with Crippen molar-refractivity contribution < 1.29 is 41.0 Å². The van der Waals surface area contributed by atoms with Crippen molar-refractivity contribution in [2.75, 3.05) is 39.5 Å². The molecule has 1 aromatic heterocycles. The quantitative estimate of drug-likeness (QED) is 0.273. The maximum absolute atomic E-state index is 13.1. The zero-order chi connectivity index (χ0) is 27.9. The molecule has 0 unspecified atom stereocenters. The van der Waals surface area contributed by atoms with Crippen LogP contribution in [0.2, 0.25) is 0 Å². The predicted octanol–water partition coefficient (Wildman–Crippen LogP) is 4.99. The molecule has 0 bridgehead atoms. The highest BCUT2D eigenvalue weighted by Gasteiger charge is 2.24. The number of rotatable bonds is 13. The lowest BCUT2D eigenvalue weighted by atomic mass is 10.2. The van der Waals surface area contributed by atoms with Crippen molar-refractivity contribution in [3.63, 3.8) is 0 Å². The molecule has 2 aromatic carbocycles. The van der Waals surface area contributed by atoms with Crippen LogP contribution >= 0.6 is 18.9 Å².